The maximum Gasteiger partial charge on any atom is 0.416 e. The second-order valence-electron chi connectivity index (χ2n) is 4.93. The Kier molecular flexibility index (Phi) is 4.87. The number of amides is 4. The van der Waals surface area contributed by atoms with Crippen LogP contribution < -0.4 is 10.6 Å². The second-order valence-corrected chi connectivity index (χ2v) is 4.93. The van der Waals surface area contributed by atoms with Gasteiger partial charge < -0.3 is 10.6 Å². The Morgan fingerprint density at radius 1 is 1.30 bits per heavy atom. The Morgan fingerprint density at radius 2 is 2.04 bits per heavy atom. The molecule has 0 unspecified atom stereocenters. The number of rotatable bonds is 5. The average Bonchev–Trinajstić information content (AvgIpc) is 2.78. The van der Waals surface area contributed by atoms with Crippen molar-refractivity contribution in [2.24, 2.45) is 0 Å². The number of halogens is 3. The van der Waals surface area contributed by atoms with Crippen LogP contribution in [0.15, 0.2) is 24.3 Å². The molecule has 4 amide bonds. The van der Waals surface area contributed by atoms with E-state index < -0.39 is 23.7 Å². The Labute approximate surface area is 129 Å². The van der Waals surface area contributed by atoms with Crippen molar-refractivity contribution in [1.29, 1.82) is 0 Å². The summed E-state index contributed by atoms with van der Waals surface area (Å²) >= 11 is 0. The maximum absolute atomic E-state index is 12.6. The van der Waals surface area contributed by atoms with Gasteiger partial charge in [-0.15, -0.1) is 0 Å². The molecule has 1 aromatic rings. The van der Waals surface area contributed by atoms with E-state index in [9.17, 15) is 27.6 Å². The van der Waals surface area contributed by atoms with Crippen molar-refractivity contribution in [1.82, 2.24) is 15.5 Å². The molecular weight excluding hydrogens is 315 g/mol. The van der Waals surface area contributed by atoms with Crippen LogP contribution in [0.3, 0.4) is 0 Å². The Hall–Kier alpha value is -2.58. The van der Waals surface area contributed by atoms with Crippen molar-refractivity contribution in [3.8, 4) is 0 Å². The Bertz CT molecular complexity index is 615. The van der Waals surface area contributed by atoms with Crippen LogP contribution in [0.5, 0.6) is 0 Å². The van der Waals surface area contributed by atoms with E-state index in [0.717, 1.165) is 17.0 Å². The normalized spacial score (nSPS) is 14.8. The number of nitrogens with one attached hydrogen (secondary N) is 2. The van der Waals surface area contributed by atoms with Crippen LogP contribution in [0.1, 0.15) is 11.1 Å². The highest BCUT2D eigenvalue weighted by Gasteiger charge is 2.30. The molecule has 0 bridgehead atoms. The zero-order valence-corrected chi connectivity index (χ0v) is 11.9. The van der Waals surface area contributed by atoms with Crippen molar-refractivity contribution in [3.05, 3.63) is 35.4 Å². The standard InChI is InChI=1S/C14H14F3N3O3/c15-14(16,17)10-3-1-2-9(6-10)7-11(21)18-4-5-20-12(22)8-19-13(20)23/h1-3,6H,4-5,7-8H2,(H,18,21)(H,19,23). The monoisotopic (exact) mass is 329 g/mol. The summed E-state index contributed by atoms with van der Waals surface area (Å²) in [4.78, 5) is 35.2. The van der Waals surface area contributed by atoms with Gasteiger partial charge in [-0.1, -0.05) is 18.2 Å². The van der Waals surface area contributed by atoms with Crippen molar-refractivity contribution in [2.75, 3.05) is 19.6 Å². The first-order valence-corrected chi connectivity index (χ1v) is 6.78. The first kappa shape index (κ1) is 16.8. The molecule has 0 radical (unpaired) electrons. The molecule has 0 atom stereocenters. The molecule has 0 spiro atoms. The summed E-state index contributed by atoms with van der Waals surface area (Å²) in [5.74, 6) is -0.876. The first-order valence-electron chi connectivity index (χ1n) is 6.78. The molecule has 1 saturated heterocycles. The average molecular weight is 329 g/mol. The van der Waals surface area contributed by atoms with Crippen molar-refractivity contribution >= 4 is 17.8 Å². The third-order valence-electron chi connectivity index (χ3n) is 3.21. The van der Waals surface area contributed by atoms with Crippen molar-refractivity contribution < 1.29 is 27.6 Å². The van der Waals surface area contributed by atoms with Gasteiger partial charge in [-0.25, -0.2) is 4.79 Å². The number of urea groups is 1. The molecule has 9 heteroatoms. The van der Waals surface area contributed by atoms with E-state index in [1.807, 2.05) is 0 Å². The van der Waals surface area contributed by atoms with Crippen molar-refractivity contribution in [2.45, 2.75) is 12.6 Å². The highest BCUT2D eigenvalue weighted by atomic mass is 19.4. The molecule has 0 aliphatic carbocycles. The molecule has 2 rings (SSSR count). The predicted molar refractivity (Wildman–Crippen MR) is 73.3 cm³/mol. The van der Waals surface area contributed by atoms with Gasteiger partial charge in [-0.2, -0.15) is 13.2 Å². The van der Waals surface area contributed by atoms with Gasteiger partial charge in [0.2, 0.25) is 11.8 Å². The van der Waals surface area contributed by atoms with E-state index in [-0.39, 0.29) is 37.5 Å². The number of carbonyl (C=O) groups excluding carboxylic acids is 3. The molecule has 1 fully saturated rings. The molecule has 23 heavy (non-hydrogen) atoms. The molecular formula is C14H14F3N3O3. The Balaban J connectivity index is 1.83. The number of benzene rings is 1. The summed E-state index contributed by atoms with van der Waals surface area (Å²) in [5.41, 5.74) is -0.588. The number of hydrogen-bond acceptors (Lipinski definition) is 3. The third kappa shape index (κ3) is 4.44. The van der Waals surface area contributed by atoms with Gasteiger partial charge in [-0.05, 0) is 11.6 Å². The quantitative estimate of drug-likeness (QED) is 0.789. The minimum atomic E-state index is -4.46. The molecule has 6 nitrogen and oxygen atoms in total. The number of imide groups is 1. The van der Waals surface area contributed by atoms with E-state index >= 15 is 0 Å². The summed E-state index contributed by atoms with van der Waals surface area (Å²) in [6, 6.07) is 3.98. The fourth-order valence-corrected chi connectivity index (χ4v) is 2.09. The van der Waals surface area contributed by atoms with Gasteiger partial charge in [0.05, 0.1) is 18.5 Å². The minimum absolute atomic E-state index is 0.0129. The van der Waals surface area contributed by atoms with E-state index in [1.54, 1.807) is 0 Å². The molecule has 1 aromatic carbocycles. The first-order chi connectivity index (χ1) is 10.8. The van der Waals surface area contributed by atoms with E-state index in [2.05, 4.69) is 10.6 Å². The molecule has 124 valence electrons. The van der Waals surface area contributed by atoms with Gasteiger partial charge in [0, 0.05) is 13.1 Å². The van der Waals surface area contributed by atoms with Gasteiger partial charge >= 0.3 is 12.2 Å². The van der Waals surface area contributed by atoms with Crippen LogP contribution in [0, 0.1) is 0 Å². The summed E-state index contributed by atoms with van der Waals surface area (Å²) < 4.78 is 37.7. The predicted octanol–water partition coefficient (Wildman–Crippen LogP) is 0.916. The molecule has 0 saturated carbocycles. The van der Waals surface area contributed by atoms with Crippen LogP contribution in [0.2, 0.25) is 0 Å². The fourth-order valence-electron chi connectivity index (χ4n) is 2.09. The number of alkyl halides is 3. The van der Waals surface area contributed by atoms with E-state index in [0.29, 0.717) is 0 Å². The summed E-state index contributed by atoms with van der Waals surface area (Å²) in [6.45, 7) is -0.0209. The lowest BCUT2D eigenvalue weighted by Gasteiger charge is -2.13. The zero-order valence-electron chi connectivity index (χ0n) is 11.9. The number of hydrogen-bond donors (Lipinski definition) is 2. The summed E-state index contributed by atoms with van der Waals surface area (Å²) in [7, 11) is 0. The molecule has 1 aliphatic rings. The Morgan fingerprint density at radius 3 is 2.65 bits per heavy atom. The maximum atomic E-state index is 12.6. The smallest absolute Gasteiger partial charge is 0.354 e. The minimum Gasteiger partial charge on any atom is -0.354 e. The largest absolute Gasteiger partial charge is 0.416 e. The van der Waals surface area contributed by atoms with E-state index in [4.69, 9.17) is 0 Å². The van der Waals surface area contributed by atoms with Crippen LogP contribution >= 0.6 is 0 Å². The fraction of sp³-hybridized carbons (Fsp3) is 0.357. The highest BCUT2D eigenvalue weighted by Crippen LogP contribution is 2.29. The topological polar surface area (TPSA) is 78.5 Å². The van der Waals surface area contributed by atoms with Crippen LogP contribution in [0.4, 0.5) is 18.0 Å². The molecule has 0 aromatic heterocycles. The second kappa shape index (κ2) is 6.67. The summed E-state index contributed by atoms with van der Waals surface area (Å²) in [5, 5.41) is 4.80. The van der Waals surface area contributed by atoms with Gasteiger partial charge in [-0.3, -0.25) is 14.5 Å². The van der Waals surface area contributed by atoms with Gasteiger partial charge in [0.25, 0.3) is 0 Å². The van der Waals surface area contributed by atoms with Crippen LogP contribution in [0.25, 0.3) is 0 Å². The highest BCUT2D eigenvalue weighted by molar-refractivity contribution is 6.01. The lowest BCUT2D eigenvalue weighted by atomic mass is 10.1. The third-order valence-corrected chi connectivity index (χ3v) is 3.21. The molecule has 2 N–H and O–H groups in total. The zero-order chi connectivity index (χ0) is 17.0. The molecule has 1 heterocycles. The molecule has 1 aliphatic heterocycles. The van der Waals surface area contributed by atoms with Gasteiger partial charge in [0.1, 0.15) is 0 Å². The van der Waals surface area contributed by atoms with Crippen LogP contribution in [-0.4, -0.2) is 42.4 Å². The van der Waals surface area contributed by atoms with Crippen LogP contribution in [-0.2, 0) is 22.2 Å². The SMILES string of the molecule is O=C(Cc1cccc(C(F)(F)F)c1)NCCN1C(=O)CNC1=O. The lowest BCUT2D eigenvalue weighted by molar-refractivity contribution is -0.137. The number of nitrogens with zero attached hydrogens (tertiary/aromatic N) is 1. The lowest BCUT2D eigenvalue weighted by Crippen LogP contribution is -2.39. The van der Waals surface area contributed by atoms with Gasteiger partial charge in [0.15, 0.2) is 0 Å². The van der Waals surface area contributed by atoms with E-state index in [1.165, 1.54) is 12.1 Å². The number of carbonyl (C=O) groups is 3. The van der Waals surface area contributed by atoms with Crippen molar-refractivity contribution in [3.63, 3.8) is 0 Å². The summed E-state index contributed by atoms with van der Waals surface area (Å²) in [6.07, 6.45) is -4.68.